The second-order valence-electron chi connectivity index (χ2n) is 12.2. The quantitative estimate of drug-likeness (QED) is 0.0424. The second kappa shape index (κ2) is 18.5. The molecule has 0 aliphatic rings. The molecule has 0 bridgehead atoms. The summed E-state index contributed by atoms with van der Waals surface area (Å²) in [5, 5.41) is 22.2. The molecule has 0 fully saturated rings. The first kappa shape index (κ1) is 42.7. The van der Waals surface area contributed by atoms with Gasteiger partial charge in [-0.15, -0.1) is 10.2 Å². The Morgan fingerprint density at radius 2 is 0.852 bits per heavy atom. The molecule has 4 aromatic rings. The van der Waals surface area contributed by atoms with Gasteiger partial charge in [-0.05, 0) is 110 Å². The fourth-order valence-electron chi connectivity index (χ4n) is 5.02. The molecular formula is C34H42N6O10S4. The minimum Gasteiger partial charge on any atom is -0.316 e. The molecule has 0 aromatic heterocycles. The molecule has 0 heterocycles. The van der Waals surface area contributed by atoms with Gasteiger partial charge in [0.1, 0.15) is 21.2 Å². The van der Waals surface area contributed by atoms with E-state index in [1.807, 2.05) is 13.8 Å². The van der Waals surface area contributed by atoms with E-state index >= 15 is 0 Å². The minimum atomic E-state index is -4.94. The van der Waals surface area contributed by atoms with Crippen molar-refractivity contribution in [3.63, 3.8) is 0 Å². The molecule has 4 rings (SSSR count). The predicted molar refractivity (Wildman–Crippen MR) is 204 cm³/mol. The molecule has 0 spiro atoms. The highest BCUT2D eigenvalue weighted by Gasteiger charge is 2.22. The number of fused-ring (bicyclic) bond motifs is 1. The van der Waals surface area contributed by atoms with Gasteiger partial charge in [0.05, 0.1) is 32.7 Å². The van der Waals surface area contributed by atoms with E-state index in [-0.39, 0.29) is 67.9 Å². The van der Waals surface area contributed by atoms with E-state index in [9.17, 15) is 42.8 Å². The molecule has 20 heteroatoms. The van der Waals surface area contributed by atoms with Crippen molar-refractivity contribution < 1.29 is 42.8 Å². The largest absolute Gasteiger partial charge is 0.316 e. The third-order valence-corrected chi connectivity index (χ3v) is 13.2. The third-order valence-electron chi connectivity index (χ3n) is 8.00. The summed E-state index contributed by atoms with van der Waals surface area (Å²) in [6.45, 7) is 6.06. The fraction of sp³-hybridized carbons (Fsp3) is 0.353. The van der Waals surface area contributed by atoms with Crippen LogP contribution in [-0.4, -0.2) is 80.5 Å². The van der Waals surface area contributed by atoms with Crippen molar-refractivity contribution in [1.29, 1.82) is 0 Å². The molecule has 54 heavy (non-hydrogen) atoms. The summed E-state index contributed by atoms with van der Waals surface area (Å²) in [5.74, 6) is -0.220. The van der Waals surface area contributed by atoms with Crippen LogP contribution >= 0.6 is 0 Å². The minimum absolute atomic E-state index is 0.0364. The first-order chi connectivity index (χ1) is 25.4. The van der Waals surface area contributed by atoms with E-state index in [4.69, 9.17) is 0 Å². The summed E-state index contributed by atoms with van der Waals surface area (Å²) in [5.41, 5.74) is -0.371. The maximum absolute atomic E-state index is 12.7. The van der Waals surface area contributed by atoms with Gasteiger partial charge in [0, 0.05) is 13.1 Å². The van der Waals surface area contributed by atoms with Crippen LogP contribution in [0.2, 0.25) is 0 Å². The summed E-state index contributed by atoms with van der Waals surface area (Å²) in [6, 6.07) is 15.1. The lowest BCUT2D eigenvalue weighted by molar-refractivity contribution is 0.481. The van der Waals surface area contributed by atoms with Crippen LogP contribution in [0.15, 0.2) is 113 Å². The normalized spacial score (nSPS) is 13.0. The van der Waals surface area contributed by atoms with Gasteiger partial charge in [0.25, 0.3) is 20.2 Å². The van der Waals surface area contributed by atoms with Gasteiger partial charge < -0.3 is 10.6 Å². The third kappa shape index (κ3) is 12.0. The molecule has 4 aromatic carbocycles. The highest BCUT2D eigenvalue weighted by Crippen LogP contribution is 2.37. The molecule has 0 saturated heterocycles. The summed E-state index contributed by atoms with van der Waals surface area (Å²) in [6.07, 6.45) is 3.82. The van der Waals surface area contributed by atoms with E-state index in [2.05, 4.69) is 31.1 Å². The van der Waals surface area contributed by atoms with Crippen LogP contribution in [-0.2, 0) is 39.9 Å². The number of sulfone groups is 2. The Kier molecular flexibility index (Phi) is 14.7. The summed E-state index contributed by atoms with van der Waals surface area (Å²) in [4.78, 5) is -1.33. The fourth-order valence-corrected chi connectivity index (χ4v) is 8.70. The Morgan fingerprint density at radius 3 is 1.19 bits per heavy atom. The number of hydrogen-bond acceptors (Lipinski definition) is 14. The molecule has 0 aliphatic carbocycles. The van der Waals surface area contributed by atoms with E-state index < -0.39 is 49.7 Å². The number of nitrogens with zero attached hydrogens (tertiary/aromatic N) is 4. The molecule has 0 unspecified atom stereocenters. The van der Waals surface area contributed by atoms with Gasteiger partial charge in [-0.2, -0.15) is 27.1 Å². The van der Waals surface area contributed by atoms with Gasteiger partial charge in [0.2, 0.25) is 0 Å². The molecule has 0 amide bonds. The van der Waals surface area contributed by atoms with Crippen LogP contribution in [0.5, 0.6) is 0 Å². The molecule has 16 nitrogen and oxygen atoms in total. The van der Waals surface area contributed by atoms with Crippen LogP contribution in [0.3, 0.4) is 0 Å². The molecule has 4 N–H and O–H groups in total. The Hall–Kier alpha value is -4.02. The lowest BCUT2D eigenvalue weighted by Gasteiger charge is -2.09. The highest BCUT2D eigenvalue weighted by atomic mass is 32.2. The molecular weight excluding hydrogens is 781 g/mol. The Morgan fingerprint density at radius 1 is 0.500 bits per heavy atom. The molecule has 292 valence electrons. The van der Waals surface area contributed by atoms with Gasteiger partial charge >= 0.3 is 0 Å². The summed E-state index contributed by atoms with van der Waals surface area (Å²) >= 11 is 0. The maximum Gasteiger partial charge on any atom is 0.296 e. The number of nitrogens with one attached hydrogen (secondary N) is 2. The standard InChI is InChI=1S/C34H42N6O10S4/c1-3-5-15-35-17-19-51(41,42)29-11-7-27(8-12-29)37-39-31-21-25-22-32(34(54(48,49)50)24-26(25)23-33(31)53(45,46)47)40-38-28-9-13-30(14-10-28)52(43,44)20-18-36-16-6-4-2/h7-14,21-24,35-36H,3-6,15-20H2,1-2H3,(H,45,46,47)(H,48,49,50). The Balaban J connectivity index is 1.63. The maximum atomic E-state index is 12.7. The van der Waals surface area contributed by atoms with Crippen molar-refractivity contribution in [3.8, 4) is 0 Å². The van der Waals surface area contributed by atoms with Gasteiger partial charge in [-0.3, -0.25) is 9.11 Å². The first-order valence-corrected chi connectivity index (χ1v) is 23.1. The van der Waals surface area contributed by atoms with E-state index in [1.54, 1.807) is 0 Å². The van der Waals surface area contributed by atoms with Crippen molar-refractivity contribution in [2.45, 2.75) is 59.1 Å². The number of unbranched alkanes of at least 4 members (excludes halogenated alkanes) is 2. The number of rotatable bonds is 20. The van der Waals surface area contributed by atoms with E-state index in [0.29, 0.717) is 13.1 Å². The predicted octanol–water partition coefficient (Wildman–Crippen LogP) is 6.49. The van der Waals surface area contributed by atoms with Gasteiger partial charge in [0.15, 0.2) is 19.7 Å². The van der Waals surface area contributed by atoms with Gasteiger partial charge in [-0.25, -0.2) is 16.8 Å². The second-order valence-corrected chi connectivity index (χ2v) is 19.2. The van der Waals surface area contributed by atoms with Crippen molar-refractivity contribution in [1.82, 2.24) is 10.6 Å². The van der Waals surface area contributed by atoms with E-state index in [1.165, 1.54) is 60.7 Å². The van der Waals surface area contributed by atoms with E-state index in [0.717, 1.165) is 37.8 Å². The Labute approximate surface area is 315 Å². The zero-order valence-electron chi connectivity index (χ0n) is 29.6. The van der Waals surface area contributed by atoms with Crippen LogP contribution in [0, 0.1) is 0 Å². The number of benzene rings is 4. The highest BCUT2D eigenvalue weighted by molar-refractivity contribution is 7.91. The molecule has 0 atom stereocenters. The average Bonchev–Trinajstić information content (AvgIpc) is 3.11. The van der Waals surface area contributed by atoms with Gasteiger partial charge in [-0.1, -0.05) is 26.7 Å². The average molecular weight is 823 g/mol. The Bertz CT molecular complexity index is 2270. The molecule has 0 radical (unpaired) electrons. The lowest BCUT2D eigenvalue weighted by Crippen LogP contribution is -2.23. The summed E-state index contributed by atoms with van der Waals surface area (Å²) in [7, 11) is -17.0. The SMILES string of the molecule is CCCCNCCS(=O)(=O)c1ccc(N=Nc2cc3cc(N=Nc4ccc(S(=O)(=O)CCNCCCC)cc4)c(S(=O)(=O)O)cc3cc2S(=O)(=O)O)cc1. The zero-order valence-corrected chi connectivity index (χ0v) is 32.8. The number of azo groups is 2. The monoisotopic (exact) mass is 822 g/mol. The first-order valence-electron chi connectivity index (χ1n) is 16.9. The van der Waals surface area contributed by atoms with Crippen molar-refractivity contribution >= 4 is 73.4 Å². The van der Waals surface area contributed by atoms with Crippen LogP contribution in [0.25, 0.3) is 10.8 Å². The van der Waals surface area contributed by atoms with Crippen LogP contribution < -0.4 is 10.6 Å². The lowest BCUT2D eigenvalue weighted by atomic mass is 10.1. The molecule has 0 aliphatic heterocycles. The van der Waals surface area contributed by atoms with Crippen molar-refractivity contribution in [3.05, 3.63) is 72.8 Å². The topological polar surface area (TPSA) is 251 Å². The summed E-state index contributed by atoms with van der Waals surface area (Å²) < 4.78 is 120. The van der Waals surface area contributed by atoms with Crippen molar-refractivity contribution in [2.24, 2.45) is 20.5 Å². The number of hydrogen-bond donors (Lipinski definition) is 4. The van der Waals surface area contributed by atoms with Crippen LogP contribution in [0.4, 0.5) is 22.7 Å². The molecule has 0 saturated carbocycles. The zero-order chi connectivity index (χ0) is 39.6. The van der Waals surface area contributed by atoms with Crippen LogP contribution in [0.1, 0.15) is 39.5 Å². The smallest absolute Gasteiger partial charge is 0.296 e. The van der Waals surface area contributed by atoms with Crippen molar-refractivity contribution in [2.75, 3.05) is 37.7 Å².